The van der Waals surface area contributed by atoms with Gasteiger partial charge in [-0.05, 0) is 19.8 Å². The van der Waals surface area contributed by atoms with Crippen LogP contribution in [0.15, 0.2) is 6.20 Å². The van der Waals surface area contributed by atoms with Gasteiger partial charge >= 0.3 is 0 Å². The van der Waals surface area contributed by atoms with Crippen molar-refractivity contribution in [2.75, 3.05) is 20.3 Å². The van der Waals surface area contributed by atoms with E-state index < -0.39 is 0 Å². The zero-order valence-corrected chi connectivity index (χ0v) is 12.7. The third kappa shape index (κ3) is 2.70. The first-order valence-electron chi connectivity index (χ1n) is 7.64. The fraction of sp³-hybridized carbons (Fsp3) is 0.733. The summed E-state index contributed by atoms with van der Waals surface area (Å²) < 4.78 is 7.22. The molecule has 1 aliphatic heterocycles. The highest BCUT2D eigenvalue weighted by molar-refractivity contribution is 5.80. The van der Waals surface area contributed by atoms with Gasteiger partial charge in [-0.3, -0.25) is 9.48 Å². The van der Waals surface area contributed by atoms with Crippen molar-refractivity contribution >= 4 is 5.91 Å². The highest BCUT2D eigenvalue weighted by Crippen LogP contribution is 2.33. The average molecular weight is 293 g/mol. The second-order valence-corrected chi connectivity index (χ2v) is 6.09. The Morgan fingerprint density at radius 3 is 2.90 bits per heavy atom. The quantitative estimate of drug-likeness (QED) is 0.889. The molecule has 1 amide bonds. The zero-order chi connectivity index (χ0) is 15.0. The number of rotatable bonds is 4. The summed E-state index contributed by atoms with van der Waals surface area (Å²) in [7, 11) is 1.68. The number of carbonyl (C=O) groups is 1. The summed E-state index contributed by atoms with van der Waals surface area (Å²) in [6.45, 7) is 4.75. The Bertz CT molecular complexity index is 522. The van der Waals surface area contributed by atoms with Crippen LogP contribution in [0.2, 0.25) is 0 Å². The molecule has 1 aromatic heterocycles. The van der Waals surface area contributed by atoms with Crippen LogP contribution in [0.25, 0.3) is 0 Å². The molecular formula is C15H23N3O3. The normalized spacial score (nSPS) is 28.1. The highest BCUT2D eigenvalue weighted by atomic mass is 16.5. The van der Waals surface area contributed by atoms with Crippen molar-refractivity contribution in [3.63, 3.8) is 0 Å². The molecule has 1 N–H and O–H groups in total. The lowest BCUT2D eigenvalue weighted by Crippen LogP contribution is -2.46. The number of fused-ring (bicyclic) bond motifs is 1. The molecule has 0 aromatic carbocycles. The molecular weight excluding hydrogens is 270 g/mol. The van der Waals surface area contributed by atoms with Crippen molar-refractivity contribution in [3.05, 3.63) is 17.5 Å². The number of methoxy groups -OCH3 is 1. The van der Waals surface area contributed by atoms with Crippen LogP contribution < -0.4 is 0 Å². The van der Waals surface area contributed by atoms with Crippen LogP contribution >= 0.6 is 0 Å². The van der Waals surface area contributed by atoms with E-state index in [9.17, 15) is 9.90 Å². The third-order valence-corrected chi connectivity index (χ3v) is 4.52. The standard InChI is InChI=1S/C15H23N3O3/c1-3-18-8-11-6-17(15(20)10-4-13(19)5-10)7-12(9-21-2)14(11)16-18/h8,10,12-13,19H,3-7,9H2,1-2H3/t10?,12-,13?/m0/s1. The van der Waals surface area contributed by atoms with E-state index in [-0.39, 0.29) is 23.8 Å². The smallest absolute Gasteiger partial charge is 0.226 e. The second-order valence-electron chi connectivity index (χ2n) is 6.09. The van der Waals surface area contributed by atoms with Gasteiger partial charge in [-0.2, -0.15) is 5.10 Å². The van der Waals surface area contributed by atoms with Crippen molar-refractivity contribution in [2.45, 2.75) is 44.9 Å². The first kappa shape index (κ1) is 14.5. The van der Waals surface area contributed by atoms with Gasteiger partial charge in [-0.1, -0.05) is 0 Å². The molecule has 1 atom stereocenters. The molecule has 0 bridgehead atoms. The summed E-state index contributed by atoms with van der Waals surface area (Å²) in [5.74, 6) is 0.294. The first-order valence-corrected chi connectivity index (χ1v) is 7.64. The number of aryl methyl sites for hydroxylation is 1. The Kier molecular flexibility index (Phi) is 3.99. The average Bonchev–Trinajstić information content (AvgIpc) is 2.87. The van der Waals surface area contributed by atoms with Crippen molar-refractivity contribution in [1.82, 2.24) is 14.7 Å². The van der Waals surface area contributed by atoms with Crippen LogP contribution in [0, 0.1) is 5.92 Å². The molecule has 6 heteroatoms. The van der Waals surface area contributed by atoms with Crippen molar-refractivity contribution in [2.24, 2.45) is 5.92 Å². The summed E-state index contributed by atoms with van der Waals surface area (Å²) in [4.78, 5) is 14.4. The van der Waals surface area contributed by atoms with Gasteiger partial charge in [-0.25, -0.2) is 0 Å². The zero-order valence-electron chi connectivity index (χ0n) is 12.7. The third-order valence-electron chi connectivity index (χ3n) is 4.52. The van der Waals surface area contributed by atoms with Gasteiger partial charge in [0.2, 0.25) is 5.91 Å². The van der Waals surface area contributed by atoms with Gasteiger partial charge in [0.25, 0.3) is 0 Å². The number of aromatic nitrogens is 2. The van der Waals surface area contributed by atoms with Gasteiger partial charge in [0.15, 0.2) is 0 Å². The van der Waals surface area contributed by atoms with Crippen LogP contribution in [0.1, 0.15) is 36.9 Å². The largest absolute Gasteiger partial charge is 0.393 e. The van der Waals surface area contributed by atoms with E-state index >= 15 is 0 Å². The number of aliphatic hydroxyl groups is 1. The van der Waals surface area contributed by atoms with E-state index in [4.69, 9.17) is 4.74 Å². The Labute approximate surface area is 124 Å². The number of hydrogen-bond donors (Lipinski definition) is 1. The number of aliphatic hydroxyl groups excluding tert-OH is 1. The Balaban J connectivity index is 1.78. The minimum Gasteiger partial charge on any atom is -0.393 e. The molecule has 2 aliphatic rings. The van der Waals surface area contributed by atoms with Crippen molar-refractivity contribution in [3.8, 4) is 0 Å². The van der Waals surface area contributed by atoms with Crippen LogP contribution in [-0.4, -0.2) is 52.1 Å². The predicted octanol–water partition coefficient (Wildman–Crippen LogP) is 0.746. The van der Waals surface area contributed by atoms with Gasteiger partial charge in [-0.15, -0.1) is 0 Å². The SMILES string of the molecule is CCn1cc2c(n1)[C@H](COC)CN(C(=O)C1CC(O)C1)C2. The van der Waals surface area contributed by atoms with Crippen molar-refractivity contribution in [1.29, 1.82) is 0 Å². The minimum atomic E-state index is -0.295. The van der Waals surface area contributed by atoms with E-state index in [1.807, 2.05) is 15.8 Å². The summed E-state index contributed by atoms with van der Waals surface area (Å²) in [5, 5.41) is 14.0. The maximum Gasteiger partial charge on any atom is 0.226 e. The van der Waals surface area contributed by atoms with Crippen molar-refractivity contribution < 1.29 is 14.6 Å². The van der Waals surface area contributed by atoms with E-state index in [1.165, 1.54) is 0 Å². The Morgan fingerprint density at radius 2 is 2.29 bits per heavy atom. The monoisotopic (exact) mass is 293 g/mol. The molecule has 1 fully saturated rings. The van der Waals surface area contributed by atoms with Crippen LogP contribution in [0.5, 0.6) is 0 Å². The maximum atomic E-state index is 12.5. The molecule has 2 heterocycles. The summed E-state index contributed by atoms with van der Waals surface area (Å²) in [6, 6.07) is 0. The predicted molar refractivity (Wildman–Crippen MR) is 76.7 cm³/mol. The molecule has 21 heavy (non-hydrogen) atoms. The lowest BCUT2D eigenvalue weighted by molar-refractivity contribution is -0.143. The molecule has 116 valence electrons. The lowest BCUT2D eigenvalue weighted by atomic mass is 9.81. The first-order chi connectivity index (χ1) is 10.1. The summed E-state index contributed by atoms with van der Waals surface area (Å²) in [6.07, 6.45) is 2.95. The van der Waals surface area contributed by atoms with Crippen LogP contribution in [0.4, 0.5) is 0 Å². The van der Waals surface area contributed by atoms with E-state index in [1.54, 1.807) is 7.11 Å². The molecule has 0 radical (unpaired) electrons. The molecule has 6 nitrogen and oxygen atoms in total. The number of carbonyl (C=O) groups excluding carboxylic acids is 1. The lowest BCUT2D eigenvalue weighted by Gasteiger charge is -2.38. The highest BCUT2D eigenvalue weighted by Gasteiger charge is 2.39. The van der Waals surface area contributed by atoms with Gasteiger partial charge in [0, 0.05) is 50.3 Å². The topological polar surface area (TPSA) is 67.6 Å². The molecule has 0 saturated heterocycles. The number of amides is 1. The fourth-order valence-corrected chi connectivity index (χ4v) is 3.28. The fourth-order valence-electron chi connectivity index (χ4n) is 3.28. The van der Waals surface area contributed by atoms with Gasteiger partial charge in [0.05, 0.1) is 18.4 Å². The summed E-state index contributed by atoms with van der Waals surface area (Å²) >= 11 is 0. The molecule has 0 unspecified atom stereocenters. The van der Waals surface area contributed by atoms with Gasteiger partial charge in [0.1, 0.15) is 0 Å². The van der Waals surface area contributed by atoms with Crippen LogP contribution in [-0.2, 0) is 22.6 Å². The van der Waals surface area contributed by atoms with E-state index in [2.05, 4.69) is 12.0 Å². The maximum absolute atomic E-state index is 12.5. The molecule has 1 aliphatic carbocycles. The molecule has 1 saturated carbocycles. The number of ether oxygens (including phenoxy) is 1. The summed E-state index contributed by atoms with van der Waals surface area (Å²) in [5.41, 5.74) is 2.19. The molecule has 1 aromatic rings. The number of hydrogen-bond acceptors (Lipinski definition) is 4. The number of nitrogens with zero attached hydrogens (tertiary/aromatic N) is 3. The second kappa shape index (κ2) is 5.77. The Hall–Kier alpha value is -1.40. The Morgan fingerprint density at radius 1 is 1.52 bits per heavy atom. The molecule has 3 rings (SSSR count). The van der Waals surface area contributed by atoms with Crippen LogP contribution in [0.3, 0.4) is 0 Å². The van der Waals surface area contributed by atoms with E-state index in [0.29, 0.717) is 32.5 Å². The molecule has 0 spiro atoms. The van der Waals surface area contributed by atoms with Gasteiger partial charge < -0.3 is 14.7 Å². The minimum absolute atomic E-state index is 0.00837. The van der Waals surface area contributed by atoms with E-state index in [0.717, 1.165) is 17.8 Å².